The van der Waals surface area contributed by atoms with E-state index in [0.29, 0.717) is 13.1 Å². The Kier molecular flexibility index (Phi) is 4.33. The monoisotopic (exact) mass is 248 g/mol. The van der Waals surface area contributed by atoms with Gasteiger partial charge in [-0.05, 0) is 44.0 Å². The molecule has 1 aliphatic heterocycles. The maximum Gasteiger partial charge on any atom is 0.238 e. The second-order valence-electron chi connectivity index (χ2n) is 4.95. The van der Waals surface area contributed by atoms with Crippen LogP contribution in [0.2, 0.25) is 0 Å². The minimum Gasteiger partial charge on any atom is -0.392 e. The Hall–Kier alpha value is -1.39. The summed E-state index contributed by atoms with van der Waals surface area (Å²) in [7, 11) is 0. The predicted molar refractivity (Wildman–Crippen MR) is 71.5 cm³/mol. The summed E-state index contributed by atoms with van der Waals surface area (Å²) in [5, 5.41) is 12.4. The van der Waals surface area contributed by atoms with Crippen molar-refractivity contribution < 1.29 is 9.90 Å². The lowest BCUT2D eigenvalue weighted by Crippen LogP contribution is -2.42. The van der Waals surface area contributed by atoms with Crippen LogP contribution in [-0.4, -0.2) is 41.7 Å². The number of aryl methyl sites for hydroxylation is 1. The van der Waals surface area contributed by atoms with Crippen molar-refractivity contribution in [1.82, 2.24) is 4.90 Å². The number of carbonyl (C=O) groups is 1. The first-order valence-corrected chi connectivity index (χ1v) is 6.40. The van der Waals surface area contributed by atoms with Gasteiger partial charge in [-0.25, -0.2) is 0 Å². The highest BCUT2D eigenvalue weighted by Gasteiger charge is 2.19. The lowest BCUT2D eigenvalue weighted by Gasteiger charge is -2.29. The molecule has 1 aliphatic rings. The van der Waals surface area contributed by atoms with E-state index in [-0.39, 0.29) is 12.0 Å². The topological polar surface area (TPSA) is 52.6 Å². The zero-order valence-electron chi connectivity index (χ0n) is 10.7. The van der Waals surface area contributed by atoms with E-state index >= 15 is 0 Å². The average Bonchev–Trinajstić information content (AvgIpc) is 2.28. The number of aliphatic hydroxyl groups excluding tert-OH is 1. The molecule has 1 aromatic rings. The number of rotatable bonds is 3. The maximum atomic E-state index is 11.9. The predicted octanol–water partition coefficient (Wildman–Crippen LogP) is 1.39. The van der Waals surface area contributed by atoms with E-state index in [0.717, 1.165) is 30.6 Å². The third kappa shape index (κ3) is 3.82. The molecule has 1 atom stereocenters. The number of nitrogens with zero attached hydrogens (tertiary/aromatic N) is 1. The first-order valence-electron chi connectivity index (χ1n) is 6.40. The third-order valence-corrected chi connectivity index (χ3v) is 3.15. The molecule has 1 fully saturated rings. The van der Waals surface area contributed by atoms with E-state index < -0.39 is 0 Å². The summed E-state index contributed by atoms with van der Waals surface area (Å²) >= 11 is 0. The highest BCUT2D eigenvalue weighted by molar-refractivity contribution is 5.92. The second-order valence-corrected chi connectivity index (χ2v) is 4.95. The Morgan fingerprint density at radius 2 is 2.39 bits per heavy atom. The Labute approximate surface area is 108 Å². The van der Waals surface area contributed by atoms with Gasteiger partial charge in [-0.3, -0.25) is 9.69 Å². The molecule has 18 heavy (non-hydrogen) atoms. The van der Waals surface area contributed by atoms with Crippen molar-refractivity contribution in [3.05, 3.63) is 29.8 Å². The number of nitrogens with one attached hydrogen (secondary N) is 1. The number of piperidine rings is 1. The molecule has 4 heteroatoms. The molecule has 1 unspecified atom stereocenters. The standard InChI is InChI=1S/C14H20N2O2/c1-11-4-2-5-12(8-11)15-14(18)10-16-7-3-6-13(17)9-16/h2,4-5,8,13,17H,3,6-7,9-10H2,1H3,(H,15,18). The Morgan fingerprint density at radius 3 is 3.11 bits per heavy atom. The van der Waals surface area contributed by atoms with Crippen LogP contribution in [0, 0.1) is 6.92 Å². The van der Waals surface area contributed by atoms with Crippen molar-refractivity contribution in [3.8, 4) is 0 Å². The van der Waals surface area contributed by atoms with Gasteiger partial charge in [0.1, 0.15) is 0 Å². The van der Waals surface area contributed by atoms with Gasteiger partial charge in [-0.15, -0.1) is 0 Å². The number of hydrogen-bond donors (Lipinski definition) is 2. The van der Waals surface area contributed by atoms with Crippen LogP contribution in [0.5, 0.6) is 0 Å². The van der Waals surface area contributed by atoms with Gasteiger partial charge >= 0.3 is 0 Å². The highest BCUT2D eigenvalue weighted by Crippen LogP contribution is 2.11. The average molecular weight is 248 g/mol. The quantitative estimate of drug-likeness (QED) is 0.850. The summed E-state index contributed by atoms with van der Waals surface area (Å²) in [5.41, 5.74) is 1.96. The lowest BCUT2D eigenvalue weighted by molar-refractivity contribution is -0.118. The second kappa shape index (κ2) is 5.98. The number of aliphatic hydroxyl groups is 1. The van der Waals surface area contributed by atoms with E-state index in [1.54, 1.807) is 0 Å². The van der Waals surface area contributed by atoms with Crippen molar-refractivity contribution in [3.63, 3.8) is 0 Å². The van der Waals surface area contributed by atoms with Crippen molar-refractivity contribution in [1.29, 1.82) is 0 Å². The number of benzene rings is 1. The number of β-amino-alcohol motifs (C(OH)–C–C–N with tert-alkyl or cyclic N) is 1. The highest BCUT2D eigenvalue weighted by atomic mass is 16.3. The van der Waals surface area contributed by atoms with Crippen LogP contribution in [0.3, 0.4) is 0 Å². The Balaban J connectivity index is 1.85. The van der Waals surface area contributed by atoms with Crippen molar-refractivity contribution >= 4 is 11.6 Å². The molecule has 0 saturated carbocycles. The van der Waals surface area contributed by atoms with Crippen LogP contribution in [0.4, 0.5) is 5.69 Å². The molecular weight excluding hydrogens is 228 g/mol. The van der Waals surface area contributed by atoms with Crippen LogP contribution >= 0.6 is 0 Å². The Morgan fingerprint density at radius 1 is 1.56 bits per heavy atom. The molecule has 1 heterocycles. The fraction of sp³-hybridized carbons (Fsp3) is 0.500. The van der Waals surface area contributed by atoms with E-state index in [2.05, 4.69) is 5.32 Å². The molecule has 1 amide bonds. The smallest absolute Gasteiger partial charge is 0.238 e. The zero-order valence-corrected chi connectivity index (χ0v) is 10.7. The molecule has 0 spiro atoms. The summed E-state index contributed by atoms with van der Waals surface area (Å²) in [6.07, 6.45) is 1.51. The number of carbonyl (C=O) groups excluding carboxylic acids is 1. The molecule has 4 nitrogen and oxygen atoms in total. The van der Waals surface area contributed by atoms with Gasteiger partial charge in [0.2, 0.25) is 5.91 Å². The third-order valence-electron chi connectivity index (χ3n) is 3.15. The molecule has 0 radical (unpaired) electrons. The molecule has 0 aliphatic carbocycles. The zero-order chi connectivity index (χ0) is 13.0. The van der Waals surface area contributed by atoms with Crippen LogP contribution in [0.15, 0.2) is 24.3 Å². The molecule has 2 N–H and O–H groups in total. The summed E-state index contributed by atoms with van der Waals surface area (Å²) in [6.45, 7) is 3.83. The van der Waals surface area contributed by atoms with Crippen LogP contribution < -0.4 is 5.32 Å². The molecular formula is C14H20N2O2. The van der Waals surface area contributed by atoms with E-state index in [9.17, 15) is 9.90 Å². The van der Waals surface area contributed by atoms with E-state index in [4.69, 9.17) is 0 Å². The van der Waals surface area contributed by atoms with Crippen LogP contribution in [0.1, 0.15) is 18.4 Å². The summed E-state index contributed by atoms with van der Waals surface area (Å²) in [6, 6.07) is 7.76. The van der Waals surface area contributed by atoms with Gasteiger partial charge in [0, 0.05) is 12.2 Å². The molecule has 1 saturated heterocycles. The van der Waals surface area contributed by atoms with Gasteiger partial charge in [0.05, 0.1) is 12.6 Å². The van der Waals surface area contributed by atoms with Crippen molar-refractivity contribution in [2.45, 2.75) is 25.9 Å². The minimum atomic E-state index is -0.287. The summed E-state index contributed by atoms with van der Waals surface area (Å²) < 4.78 is 0. The fourth-order valence-corrected chi connectivity index (χ4v) is 2.30. The van der Waals surface area contributed by atoms with Crippen molar-refractivity contribution in [2.24, 2.45) is 0 Å². The summed E-state index contributed by atoms with van der Waals surface area (Å²) in [5.74, 6) is -0.0188. The Bertz CT molecular complexity index is 420. The number of hydrogen-bond acceptors (Lipinski definition) is 3. The van der Waals surface area contributed by atoms with Gasteiger partial charge in [-0.1, -0.05) is 12.1 Å². The molecule has 98 valence electrons. The van der Waals surface area contributed by atoms with Crippen molar-refractivity contribution in [2.75, 3.05) is 25.0 Å². The number of amides is 1. The number of anilines is 1. The number of likely N-dealkylation sites (tertiary alicyclic amines) is 1. The normalized spacial score (nSPS) is 20.7. The fourth-order valence-electron chi connectivity index (χ4n) is 2.30. The molecule has 0 bridgehead atoms. The molecule has 1 aromatic carbocycles. The molecule has 2 rings (SSSR count). The molecule has 0 aromatic heterocycles. The largest absolute Gasteiger partial charge is 0.392 e. The van der Waals surface area contributed by atoms with Gasteiger partial charge < -0.3 is 10.4 Å². The van der Waals surface area contributed by atoms with E-state index in [1.807, 2.05) is 36.1 Å². The maximum absolute atomic E-state index is 11.9. The van der Waals surface area contributed by atoms with Crippen LogP contribution in [0.25, 0.3) is 0 Å². The van der Waals surface area contributed by atoms with Crippen LogP contribution in [-0.2, 0) is 4.79 Å². The summed E-state index contributed by atoms with van der Waals surface area (Å²) in [4.78, 5) is 13.9. The SMILES string of the molecule is Cc1cccc(NC(=O)CN2CCCC(O)C2)c1. The minimum absolute atomic E-state index is 0.0188. The van der Waals surface area contributed by atoms with E-state index in [1.165, 1.54) is 0 Å². The first kappa shape index (κ1) is 13.1. The first-order chi connectivity index (χ1) is 8.63. The van der Waals surface area contributed by atoms with Gasteiger partial charge in [0.25, 0.3) is 0 Å². The van der Waals surface area contributed by atoms with Gasteiger partial charge in [0.15, 0.2) is 0 Å². The lowest BCUT2D eigenvalue weighted by atomic mass is 10.1. The van der Waals surface area contributed by atoms with Gasteiger partial charge in [-0.2, -0.15) is 0 Å².